The number of nitrogens with zero attached hydrogens (tertiary/aromatic N) is 2. The van der Waals surface area contributed by atoms with Crippen LogP contribution in [-0.2, 0) is 19.4 Å². The van der Waals surface area contributed by atoms with Gasteiger partial charge in [0.25, 0.3) is 0 Å². The van der Waals surface area contributed by atoms with E-state index in [0.717, 1.165) is 37.4 Å². The molecule has 0 N–H and O–H groups in total. The minimum absolute atomic E-state index is 0.394. The molecule has 1 atom stereocenters. The molecule has 4 nitrogen and oxygen atoms in total. The van der Waals surface area contributed by atoms with Crippen molar-refractivity contribution >= 4 is 0 Å². The zero-order chi connectivity index (χ0) is 15.1. The highest BCUT2D eigenvalue weighted by Crippen LogP contribution is 2.41. The number of rotatable bonds is 2. The van der Waals surface area contributed by atoms with E-state index in [-0.39, 0.29) is 0 Å². The molecule has 0 saturated heterocycles. The van der Waals surface area contributed by atoms with Gasteiger partial charge in [-0.15, -0.1) is 0 Å². The maximum absolute atomic E-state index is 5.49. The fourth-order valence-electron chi connectivity index (χ4n) is 3.71. The second kappa shape index (κ2) is 5.29. The van der Waals surface area contributed by atoms with Crippen LogP contribution in [0.1, 0.15) is 28.4 Å². The summed E-state index contributed by atoms with van der Waals surface area (Å²) in [4.78, 5) is 7.13. The lowest BCUT2D eigenvalue weighted by atomic mass is 9.85. The molecular formula is C18H20N2O2. The minimum atomic E-state index is 0.394. The maximum atomic E-state index is 5.49. The molecule has 2 aromatic rings. The number of hydrogen-bond donors (Lipinski definition) is 0. The average Bonchev–Trinajstić information content (AvgIpc) is 2.58. The third-order valence-corrected chi connectivity index (χ3v) is 4.86. The lowest BCUT2D eigenvalue weighted by molar-refractivity contribution is 0.158. The average molecular weight is 296 g/mol. The molecule has 4 rings (SSSR count). The molecule has 0 bridgehead atoms. The highest BCUT2D eigenvalue weighted by atomic mass is 16.5. The van der Waals surface area contributed by atoms with Gasteiger partial charge in [0, 0.05) is 37.4 Å². The molecule has 1 aromatic carbocycles. The van der Waals surface area contributed by atoms with Gasteiger partial charge in [-0.1, -0.05) is 6.07 Å². The standard InChI is InChI=1S/C18H20N2O2/c1-21-17-8-12-5-7-20-11-13-4-3-6-19-15(13)10-16(20)14(12)9-18(17)22-2/h3-4,6,8-9,16H,5,7,10-11H2,1-2H3/t16-/m1/s1. The van der Waals surface area contributed by atoms with Crippen LogP contribution in [0.2, 0.25) is 0 Å². The molecule has 0 radical (unpaired) electrons. The Kier molecular flexibility index (Phi) is 3.26. The number of aromatic nitrogens is 1. The summed E-state index contributed by atoms with van der Waals surface area (Å²) in [6, 6.07) is 8.91. The van der Waals surface area contributed by atoms with Gasteiger partial charge < -0.3 is 9.47 Å². The summed E-state index contributed by atoms with van der Waals surface area (Å²) in [5, 5.41) is 0. The van der Waals surface area contributed by atoms with Crippen LogP contribution in [-0.4, -0.2) is 30.6 Å². The van der Waals surface area contributed by atoms with Crippen molar-refractivity contribution in [1.29, 1.82) is 0 Å². The number of methoxy groups -OCH3 is 2. The largest absolute Gasteiger partial charge is 0.493 e. The van der Waals surface area contributed by atoms with Gasteiger partial charge in [-0.3, -0.25) is 9.88 Å². The van der Waals surface area contributed by atoms with Crippen LogP contribution >= 0.6 is 0 Å². The summed E-state index contributed by atoms with van der Waals surface area (Å²) < 4.78 is 10.9. The van der Waals surface area contributed by atoms with Crippen LogP contribution in [0.5, 0.6) is 11.5 Å². The van der Waals surface area contributed by atoms with E-state index in [1.807, 2.05) is 12.3 Å². The van der Waals surface area contributed by atoms with E-state index in [0.29, 0.717) is 6.04 Å². The Morgan fingerprint density at radius 2 is 1.95 bits per heavy atom. The molecule has 2 aliphatic rings. The second-order valence-corrected chi connectivity index (χ2v) is 5.96. The first kappa shape index (κ1) is 13.6. The van der Waals surface area contributed by atoms with Crippen LogP contribution in [0.3, 0.4) is 0 Å². The van der Waals surface area contributed by atoms with E-state index in [1.54, 1.807) is 14.2 Å². The van der Waals surface area contributed by atoms with E-state index >= 15 is 0 Å². The molecule has 0 aliphatic carbocycles. The molecule has 0 saturated carbocycles. The lowest BCUT2D eigenvalue weighted by Crippen LogP contribution is -2.39. The van der Waals surface area contributed by atoms with E-state index in [4.69, 9.17) is 9.47 Å². The van der Waals surface area contributed by atoms with Gasteiger partial charge in [0.05, 0.1) is 14.2 Å². The van der Waals surface area contributed by atoms with Crippen molar-refractivity contribution in [2.75, 3.05) is 20.8 Å². The van der Waals surface area contributed by atoms with Crippen molar-refractivity contribution in [2.24, 2.45) is 0 Å². The van der Waals surface area contributed by atoms with Crippen LogP contribution < -0.4 is 9.47 Å². The smallest absolute Gasteiger partial charge is 0.161 e. The van der Waals surface area contributed by atoms with Crippen molar-refractivity contribution in [2.45, 2.75) is 25.4 Å². The van der Waals surface area contributed by atoms with E-state index < -0.39 is 0 Å². The summed E-state index contributed by atoms with van der Waals surface area (Å²) in [6.07, 6.45) is 3.92. The van der Waals surface area contributed by atoms with Gasteiger partial charge in [-0.2, -0.15) is 0 Å². The summed E-state index contributed by atoms with van der Waals surface area (Å²) in [5.41, 5.74) is 5.33. The Morgan fingerprint density at radius 1 is 1.14 bits per heavy atom. The van der Waals surface area contributed by atoms with Gasteiger partial charge in [0.1, 0.15) is 0 Å². The Bertz CT molecular complexity index is 714. The van der Waals surface area contributed by atoms with Crippen LogP contribution in [0.4, 0.5) is 0 Å². The molecule has 2 aliphatic heterocycles. The Balaban J connectivity index is 1.77. The van der Waals surface area contributed by atoms with E-state index in [9.17, 15) is 0 Å². The van der Waals surface area contributed by atoms with Crippen LogP contribution in [0.15, 0.2) is 30.5 Å². The number of benzene rings is 1. The molecule has 3 heterocycles. The molecule has 0 unspecified atom stereocenters. The van der Waals surface area contributed by atoms with Gasteiger partial charge >= 0.3 is 0 Å². The summed E-state index contributed by atoms with van der Waals surface area (Å²) in [7, 11) is 3.39. The molecular weight excluding hydrogens is 276 g/mol. The molecule has 22 heavy (non-hydrogen) atoms. The molecule has 114 valence electrons. The summed E-state index contributed by atoms with van der Waals surface area (Å²) in [6.45, 7) is 2.07. The van der Waals surface area contributed by atoms with Gasteiger partial charge in [-0.25, -0.2) is 0 Å². The summed E-state index contributed by atoms with van der Waals surface area (Å²) >= 11 is 0. The highest BCUT2D eigenvalue weighted by molar-refractivity contribution is 5.50. The monoisotopic (exact) mass is 296 g/mol. The first-order valence-corrected chi connectivity index (χ1v) is 7.71. The zero-order valence-corrected chi connectivity index (χ0v) is 13.0. The van der Waals surface area contributed by atoms with Crippen molar-refractivity contribution in [3.8, 4) is 11.5 Å². The quantitative estimate of drug-likeness (QED) is 0.853. The third kappa shape index (κ3) is 2.06. The zero-order valence-electron chi connectivity index (χ0n) is 13.0. The van der Waals surface area contributed by atoms with E-state index in [1.165, 1.54) is 22.4 Å². The first-order chi connectivity index (χ1) is 10.8. The van der Waals surface area contributed by atoms with Gasteiger partial charge in [0.15, 0.2) is 11.5 Å². The predicted octanol–water partition coefficient (Wildman–Crippen LogP) is 2.75. The van der Waals surface area contributed by atoms with Crippen molar-refractivity contribution in [3.63, 3.8) is 0 Å². The molecule has 4 heteroatoms. The van der Waals surface area contributed by atoms with Gasteiger partial charge in [-0.05, 0) is 41.3 Å². The molecule has 0 amide bonds. The van der Waals surface area contributed by atoms with Crippen LogP contribution in [0.25, 0.3) is 0 Å². The molecule has 1 aromatic heterocycles. The number of hydrogen-bond acceptors (Lipinski definition) is 4. The second-order valence-electron chi connectivity index (χ2n) is 5.96. The SMILES string of the molecule is COc1cc2c(cc1OC)[C@H]1Cc3ncccc3CN1CC2. The van der Waals surface area contributed by atoms with Crippen molar-refractivity contribution < 1.29 is 9.47 Å². The normalized spacial score (nSPS) is 19.8. The van der Waals surface area contributed by atoms with Gasteiger partial charge in [0.2, 0.25) is 0 Å². The Morgan fingerprint density at radius 3 is 2.77 bits per heavy atom. The fourth-order valence-corrected chi connectivity index (χ4v) is 3.71. The van der Waals surface area contributed by atoms with Crippen molar-refractivity contribution in [1.82, 2.24) is 9.88 Å². The fraction of sp³-hybridized carbons (Fsp3) is 0.389. The van der Waals surface area contributed by atoms with Crippen LogP contribution in [0, 0.1) is 0 Å². The molecule has 0 fully saturated rings. The maximum Gasteiger partial charge on any atom is 0.161 e. The van der Waals surface area contributed by atoms with E-state index in [2.05, 4.69) is 28.1 Å². The topological polar surface area (TPSA) is 34.6 Å². The summed E-state index contributed by atoms with van der Waals surface area (Å²) in [5.74, 6) is 1.64. The lowest BCUT2D eigenvalue weighted by Gasteiger charge is -2.41. The number of fused-ring (bicyclic) bond motifs is 4. The Hall–Kier alpha value is -2.07. The number of pyridine rings is 1. The number of ether oxygens (including phenoxy) is 2. The predicted molar refractivity (Wildman–Crippen MR) is 84.3 cm³/mol. The van der Waals surface area contributed by atoms with Crippen molar-refractivity contribution in [3.05, 3.63) is 52.8 Å². The Labute approximate surface area is 130 Å². The first-order valence-electron chi connectivity index (χ1n) is 7.71. The minimum Gasteiger partial charge on any atom is -0.493 e. The molecule has 0 spiro atoms. The highest BCUT2D eigenvalue weighted by Gasteiger charge is 2.33. The third-order valence-electron chi connectivity index (χ3n) is 4.86.